The van der Waals surface area contributed by atoms with Crippen molar-refractivity contribution in [2.75, 3.05) is 12.3 Å². The van der Waals surface area contributed by atoms with Gasteiger partial charge in [0.2, 0.25) is 0 Å². The minimum atomic E-state index is -0.0198. The van der Waals surface area contributed by atoms with E-state index in [1.54, 1.807) is 0 Å². The van der Waals surface area contributed by atoms with Gasteiger partial charge in [-0.3, -0.25) is 4.90 Å². The van der Waals surface area contributed by atoms with Crippen molar-refractivity contribution >= 4 is 12.6 Å². The number of unbranched alkanes of at least 4 members (excludes halogenated alkanes) is 1. The molecular weight excluding hydrogens is 194 g/mol. The van der Waals surface area contributed by atoms with Crippen molar-refractivity contribution in [1.82, 2.24) is 4.90 Å². The van der Waals surface area contributed by atoms with Crippen LogP contribution in [0.4, 0.5) is 0 Å². The van der Waals surface area contributed by atoms with Crippen molar-refractivity contribution in [2.24, 2.45) is 0 Å². The van der Waals surface area contributed by atoms with Crippen LogP contribution >= 0.6 is 12.6 Å². The van der Waals surface area contributed by atoms with Gasteiger partial charge in [-0.1, -0.05) is 0 Å². The van der Waals surface area contributed by atoms with Crippen LogP contribution < -0.4 is 0 Å². The van der Waals surface area contributed by atoms with E-state index in [9.17, 15) is 5.11 Å². The Bertz CT molecular complexity index is 174. The van der Waals surface area contributed by atoms with Gasteiger partial charge in [-0.15, -0.1) is 0 Å². The first kappa shape index (κ1) is 10.8. The molecule has 0 amide bonds. The van der Waals surface area contributed by atoms with Crippen molar-refractivity contribution in [3.05, 3.63) is 0 Å². The van der Waals surface area contributed by atoms with E-state index in [4.69, 9.17) is 0 Å². The van der Waals surface area contributed by atoms with Gasteiger partial charge in [-0.25, -0.2) is 0 Å². The number of aliphatic hydroxyl groups excluding tert-OH is 1. The fraction of sp³-hybridized carbons (Fsp3) is 1.00. The van der Waals surface area contributed by atoms with Crippen molar-refractivity contribution < 1.29 is 5.11 Å². The second kappa shape index (κ2) is 4.86. The molecule has 2 atom stereocenters. The van der Waals surface area contributed by atoms with Crippen LogP contribution in [0.15, 0.2) is 0 Å². The SMILES string of the molecule is OC1CC2CCC(C1)N2CCCCS. The summed E-state index contributed by atoms with van der Waals surface area (Å²) in [6.45, 7) is 1.22. The van der Waals surface area contributed by atoms with Crippen LogP contribution in [-0.2, 0) is 0 Å². The second-order valence-corrected chi connectivity index (χ2v) is 5.13. The summed E-state index contributed by atoms with van der Waals surface area (Å²) in [5.74, 6) is 1.01. The van der Waals surface area contributed by atoms with Gasteiger partial charge in [0, 0.05) is 12.1 Å². The summed E-state index contributed by atoms with van der Waals surface area (Å²) in [5, 5.41) is 9.64. The highest BCUT2D eigenvalue weighted by Gasteiger charge is 2.39. The monoisotopic (exact) mass is 215 g/mol. The molecule has 0 saturated carbocycles. The molecule has 82 valence electrons. The molecule has 2 nitrogen and oxygen atoms in total. The molecule has 14 heavy (non-hydrogen) atoms. The number of fused-ring (bicyclic) bond motifs is 2. The zero-order chi connectivity index (χ0) is 9.97. The molecule has 2 heterocycles. The van der Waals surface area contributed by atoms with E-state index in [0.717, 1.165) is 18.6 Å². The van der Waals surface area contributed by atoms with E-state index in [1.807, 2.05) is 0 Å². The number of thiol groups is 1. The Morgan fingerprint density at radius 2 is 1.79 bits per heavy atom. The van der Waals surface area contributed by atoms with E-state index in [2.05, 4.69) is 17.5 Å². The van der Waals surface area contributed by atoms with Crippen LogP contribution in [0.5, 0.6) is 0 Å². The lowest BCUT2D eigenvalue weighted by molar-refractivity contribution is 0.0349. The lowest BCUT2D eigenvalue weighted by Crippen LogP contribution is -2.45. The summed E-state index contributed by atoms with van der Waals surface area (Å²) < 4.78 is 0. The molecule has 2 fully saturated rings. The van der Waals surface area contributed by atoms with Crippen molar-refractivity contribution in [3.63, 3.8) is 0 Å². The molecule has 0 aliphatic carbocycles. The first-order valence-electron chi connectivity index (χ1n) is 5.86. The molecule has 2 rings (SSSR count). The number of nitrogens with zero attached hydrogens (tertiary/aromatic N) is 1. The minimum absolute atomic E-state index is 0.0198. The molecule has 2 bridgehead atoms. The van der Waals surface area contributed by atoms with Crippen molar-refractivity contribution in [1.29, 1.82) is 0 Å². The van der Waals surface area contributed by atoms with E-state index < -0.39 is 0 Å². The fourth-order valence-electron chi connectivity index (χ4n) is 3.02. The van der Waals surface area contributed by atoms with Gasteiger partial charge in [0.1, 0.15) is 0 Å². The van der Waals surface area contributed by atoms with Crippen LogP contribution in [0, 0.1) is 0 Å². The van der Waals surface area contributed by atoms with Crippen LogP contribution in [0.1, 0.15) is 38.5 Å². The van der Waals surface area contributed by atoms with E-state index in [-0.39, 0.29) is 6.10 Å². The molecule has 0 aromatic heterocycles. The van der Waals surface area contributed by atoms with Crippen LogP contribution in [0.3, 0.4) is 0 Å². The average Bonchev–Trinajstić information content (AvgIpc) is 2.42. The average molecular weight is 215 g/mol. The van der Waals surface area contributed by atoms with Gasteiger partial charge >= 0.3 is 0 Å². The lowest BCUT2D eigenvalue weighted by Gasteiger charge is -2.37. The summed E-state index contributed by atoms with van der Waals surface area (Å²) in [6, 6.07) is 1.37. The molecule has 2 aliphatic rings. The maximum absolute atomic E-state index is 9.64. The largest absolute Gasteiger partial charge is 0.393 e. The van der Waals surface area contributed by atoms with E-state index in [1.165, 1.54) is 32.2 Å². The first-order valence-corrected chi connectivity index (χ1v) is 6.49. The maximum atomic E-state index is 9.64. The Labute approximate surface area is 92.1 Å². The van der Waals surface area contributed by atoms with E-state index in [0.29, 0.717) is 12.1 Å². The number of hydrogen-bond acceptors (Lipinski definition) is 3. The highest BCUT2D eigenvalue weighted by molar-refractivity contribution is 7.80. The van der Waals surface area contributed by atoms with Gasteiger partial charge in [0.05, 0.1) is 6.10 Å². The third-order valence-electron chi connectivity index (χ3n) is 3.68. The smallest absolute Gasteiger partial charge is 0.0570 e. The Kier molecular flexibility index (Phi) is 3.74. The predicted molar refractivity (Wildman–Crippen MR) is 61.8 cm³/mol. The molecule has 3 heteroatoms. The molecular formula is C11H21NOS. The Balaban J connectivity index is 1.82. The number of rotatable bonds is 4. The molecule has 2 unspecified atom stereocenters. The normalized spacial score (nSPS) is 37.7. The maximum Gasteiger partial charge on any atom is 0.0570 e. The molecule has 2 aliphatic heterocycles. The molecule has 2 saturated heterocycles. The standard InChI is InChI=1S/C11H21NOS/c13-11-7-9-3-4-10(8-11)12(9)5-1-2-6-14/h9-11,13-14H,1-8H2. The molecule has 0 aromatic carbocycles. The second-order valence-electron chi connectivity index (χ2n) is 4.68. The van der Waals surface area contributed by atoms with Gasteiger partial charge in [0.15, 0.2) is 0 Å². The highest BCUT2D eigenvalue weighted by atomic mass is 32.1. The first-order chi connectivity index (χ1) is 6.81. The van der Waals surface area contributed by atoms with E-state index >= 15 is 0 Å². The number of piperidine rings is 1. The van der Waals surface area contributed by atoms with Gasteiger partial charge < -0.3 is 5.11 Å². The van der Waals surface area contributed by atoms with Gasteiger partial charge in [-0.05, 0) is 50.8 Å². The summed E-state index contributed by atoms with van der Waals surface area (Å²) in [5.41, 5.74) is 0. The predicted octanol–water partition coefficient (Wildman–Crippen LogP) is 1.68. The lowest BCUT2D eigenvalue weighted by atomic mass is 9.99. The van der Waals surface area contributed by atoms with Crippen LogP contribution in [0.2, 0.25) is 0 Å². The zero-order valence-electron chi connectivity index (χ0n) is 8.73. The number of hydrogen-bond donors (Lipinski definition) is 2. The van der Waals surface area contributed by atoms with Gasteiger partial charge in [-0.2, -0.15) is 12.6 Å². The summed E-state index contributed by atoms with van der Waals surface area (Å²) in [4.78, 5) is 2.64. The summed E-state index contributed by atoms with van der Waals surface area (Å²) in [7, 11) is 0. The van der Waals surface area contributed by atoms with Crippen LogP contribution in [-0.4, -0.2) is 40.5 Å². The molecule has 0 radical (unpaired) electrons. The minimum Gasteiger partial charge on any atom is -0.393 e. The fourth-order valence-corrected chi connectivity index (χ4v) is 3.24. The topological polar surface area (TPSA) is 23.5 Å². The summed E-state index contributed by atoms with van der Waals surface area (Å²) in [6.07, 6.45) is 7.11. The van der Waals surface area contributed by atoms with Crippen molar-refractivity contribution in [3.8, 4) is 0 Å². The highest BCUT2D eigenvalue weighted by Crippen LogP contribution is 2.35. The van der Waals surface area contributed by atoms with Crippen LogP contribution in [0.25, 0.3) is 0 Å². The molecule has 0 spiro atoms. The number of aliphatic hydroxyl groups is 1. The molecule has 0 aromatic rings. The molecule has 1 N–H and O–H groups in total. The zero-order valence-corrected chi connectivity index (χ0v) is 9.62. The van der Waals surface area contributed by atoms with Gasteiger partial charge in [0.25, 0.3) is 0 Å². The summed E-state index contributed by atoms with van der Waals surface area (Å²) >= 11 is 4.23. The third kappa shape index (κ3) is 2.26. The Morgan fingerprint density at radius 3 is 2.36 bits per heavy atom. The van der Waals surface area contributed by atoms with Crippen molar-refractivity contribution in [2.45, 2.75) is 56.7 Å². The Hall–Kier alpha value is 0.270. The Morgan fingerprint density at radius 1 is 1.14 bits per heavy atom. The third-order valence-corrected chi connectivity index (χ3v) is 4.00. The quantitative estimate of drug-likeness (QED) is 0.550.